The maximum atomic E-state index is 12.2. The number of hydrogen-bond donors (Lipinski definition) is 1. The predicted molar refractivity (Wildman–Crippen MR) is 82.1 cm³/mol. The lowest BCUT2D eigenvalue weighted by molar-refractivity contribution is -0.384. The van der Waals surface area contributed by atoms with E-state index in [1.165, 1.54) is 12.3 Å². The van der Waals surface area contributed by atoms with Gasteiger partial charge in [0.2, 0.25) is 0 Å². The van der Waals surface area contributed by atoms with Crippen molar-refractivity contribution >= 4 is 27.5 Å². The molecule has 0 radical (unpaired) electrons. The molecular weight excluding hydrogens is 338 g/mol. The molecule has 0 bridgehead atoms. The zero-order valence-corrected chi connectivity index (χ0v) is 13.0. The Balaban J connectivity index is 2.13. The number of carbonyl (C=O) groups excluding carboxylic acids is 1. The molecule has 1 heterocycles. The summed E-state index contributed by atoms with van der Waals surface area (Å²) in [5, 5.41) is 13.6. The summed E-state index contributed by atoms with van der Waals surface area (Å²) >= 11 is 3.41. The fraction of sp³-hybridized carbons (Fsp3) is 0.214. The van der Waals surface area contributed by atoms with E-state index in [1.807, 2.05) is 31.2 Å². The lowest BCUT2D eigenvalue weighted by Crippen LogP contribution is -2.25. The number of amides is 1. The van der Waals surface area contributed by atoms with Gasteiger partial charge in [-0.2, -0.15) is 0 Å². The topological polar surface area (TPSA) is 77.2 Å². The van der Waals surface area contributed by atoms with Gasteiger partial charge in [-0.1, -0.05) is 34.1 Å². The second kappa shape index (κ2) is 6.53. The van der Waals surface area contributed by atoms with Crippen LogP contribution < -0.4 is 5.32 Å². The molecule has 0 fully saturated rings. The Morgan fingerprint density at radius 3 is 2.76 bits per heavy atom. The predicted octanol–water partition coefficient (Wildman–Crippen LogP) is 3.11. The third-order valence-electron chi connectivity index (χ3n) is 3.06. The molecule has 2 aromatic rings. The van der Waals surface area contributed by atoms with Crippen LogP contribution in [-0.2, 0) is 13.1 Å². The lowest BCUT2D eigenvalue weighted by atomic mass is 10.2. The number of aryl methyl sites for hydroxylation is 1. The van der Waals surface area contributed by atoms with Crippen LogP contribution in [0.1, 0.15) is 23.0 Å². The first-order valence-electron chi connectivity index (χ1n) is 6.39. The molecule has 0 saturated carbocycles. The minimum absolute atomic E-state index is 0.0807. The standard InChI is InChI=1S/C14H14BrN3O3/c1-2-17-9-11(18(20)21)7-13(17)14(19)16-8-10-5-3-4-6-12(10)15/h3-7,9H,2,8H2,1H3,(H,16,19). The van der Waals surface area contributed by atoms with Gasteiger partial charge in [0.1, 0.15) is 5.69 Å². The van der Waals surface area contributed by atoms with Gasteiger partial charge in [0.15, 0.2) is 0 Å². The third-order valence-corrected chi connectivity index (χ3v) is 3.84. The first-order valence-corrected chi connectivity index (χ1v) is 7.18. The van der Waals surface area contributed by atoms with Crippen LogP contribution in [0.3, 0.4) is 0 Å². The molecule has 0 unspecified atom stereocenters. The normalized spacial score (nSPS) is 10.4. The van der Waals surface area contributed by atoms with E-state index in [0.29, 0.717) is 13.1 Å². The number of carbonyl (C=O) groups is 1. The maximum absolute atomic E-state index is 12.2. The van der Waals surface area contributed by atoms with Crippen molar-refractivity contribution < 1.29 is 9.72 Å². The van der Waals surface area contributed by atoms with Crippen molar-refractivity contribution in [2.24, 2.45) is 0 Å². The number of aromatic nitrogens is 1. The Bertz CT molecular complexity index is 682. The number of rotatable bonds is 5. The van der Waals surface area contributed by atoms with Crippen molar-refractivity contribution in [1.82, 2.24) is 9.88 Å². The van der Waals surface area contributed by atoms with Crippen molar-refractivity contribution in [3.63, 3.8) is 0 Å². The van der Waals surface area contributed by atoms with E-state index in [-0.39, 0.29) is 17.3 Å². The van der Waals surface area contributed by atoms with Crippen LogP contribution >= 0.6 is 15.9 Å². The van der Waals surface area contributed by atoms with E-state index in [0.717, 1.165) is 10.0 Å². The molecule has 110 valence electrons. The van der Waals surface area contributed by atoms with Crippen LogP contribution in [0.5, 0.6) is 0 Å². The summed E-state index contributed by atoms with van der Waals surface area (Å²) in [5.41, 5.74) is 1.15. The van der Waals surface area contributed by atoms with Gasteiger partial charge in [0, 0.05) is 23.6 Å². The number of halogens is 1. The van der Waals surface area contributed by atoms with Crippen molar-refractivity contribution in [2.75, 3.05) is 0 Å². The van der Waals surface area contributed by atoms with Gasteiger partial charge in [0.05, 0.1) is 11.1 Å². The van der Waals surface area contributed by atoms with Crippen LogP contribution in [0.15, 0.2) is 41.0 Å². The van der Waals surface area contributed by atoms with E-state index < -0.39 is 4.92 Å². The number of hydrogen-bond acceptors (Lipinski definition) is 3. The average Bonchev–Trinajstić information content (AvgIpc) is 2.90. The van der Waals surface area contributed by atoms with Gasteiger partial charge in [-0.3, -0.25) is 14.9 Å². The fourth-order valence-electron chi connectivity index (χ4n) is 1.95. The Hall–Kier alpha value is -2.15. The highest BCUT2D eigenvalue weighted by atomic mass is 79.9. The van der Waals surface area contributed by atoms with Crippen LogP contribution in [0, 0.1) is 10.1 Å². The molecule has 0 aliphatic rings. The summed E-state index contributed by atoms with van der Waals surface area (Å²) in [6, 6.07) is 8.85. The quantitative estimate of drug-likeness (QED) is 0.664. The zero-order chi connectivity index (χ0) is 15.4. The molecule has 7 heteroatoms. The van der Waals surface area contributed by atoms with E-state index in [9.17, 15) is 14.9 Å². The van der Waals surface area contributed by atoms with Gasteiger partial charge in [-0.25, -0.2) is 0 Å². The maximum Gasteiger partial charge on any atom is 0.287 e. The Morgan fingerprint density at radius 2 is 2.14 bits per heavy atom. The molecule has 21 heavy (non-hydrogen) atoms. The Kier molecular flexibility index (Phi) is 4.74. The highest BCUT2D eigenvalue weighted by Gasteiger charge is 2.18. The summed E-state index contributed by atoms with van der Waals surface area (Å²) in [7, 11) is 0. The molecule has 0 aliphatic heterocycles. The summed E-state index contributed by atoms with van der Waals surface area (Å²) in [6.45, 7) is 2.67. The SMILES string of the molecule is CCn1cc([N+](=O)[O-])cc1C(=O)NCc1ccccc1Br. The van der Waals surface area contributed by atoms with Crippen molar-refractivity contribution in [3.8, 4) is 0 Å². The zero-order valence-electron chi connectivity index (χ0n) is 11.4. The first-order chi connectivity index (χ1) is 10.0. The van der Waals surface area contributed by atoms with E-state index in [2.05, 4.69) is 21.2 Å². The summed E-state index contributed by atoms with van der Waals surface area (Å²) in [6.07, 6.45) is 1.37. The first kappa shape index (κ1) is 15.2. The van der Waals surface area contributed by atoms with E-state index in [4.69, 9.17) is 0 Å². The van der Waals surface area contributed by atoms with Gasteiger partial charge < -0.3 is 9.88 Å². The molecule has 6 nitrogen and oxygen atoms in total. The molecule has 1 N–H and O–H groups in total. The lowest BCUT2D eigenvalue weighted by Gasteiger charge is -2.08. The minimum atomic E-state index is -0.503. The smallest absolute Gasteiger partial charge is 0.287 e. The minimum Gasteiger partial charge on any atom is -0.347 e. The summed E-state index contributed by atoms with van der Waals surface area (Å²) in [5.74, 6) is -0.333. The largest absolute Gasteiger partial charge is 0.347 e. The van der Waals surface area contributed by atoms with Gasteiger partial charge in [0.25, 0.3) is 11.6 Å². The molecule has 0 spiro atoms. The van der Waals surface area contributed by atoms with Gasteiger partial charge in [-0.05, 0) is 18.6 Å². The highest BCUT2D eigenvalue weighted by molar-refractivity contribution is 9.10. The molecule has 1 amide bonds. The van der Waals surface area contributed by atoms with E-state index in [1.54, 1.807) is 4.57 Å². The van der Waals surface area contributed by atoms with Crippen LogP contribution in [0.25, 0.3) is 0 Å². The third kappa shape index (κ3) is 3.49. The summed E-state index contributed by atoms with van der Waals surface area (Å²) in [4.78, 5) is 22.5. The number of nitrogens with one attached hydrogen (secondary N) is 1. The Morgan fingerprint density at radius 1 is 1.43 bits per heavy atom. The molecule has 0 aliphatic carbocycles. The molecule has 0 atom stereocenters. The number of nitro groups is 1. The molecule has 1 aromatic heterocycles. The monoisotopic (exact) mass is 351 g/mol. The highest BCUT2D eigenvalue weighted by Crippen LogP contribution is 2.18. The van der Waals surface area contributed by atoms with Gasteiger partial charge in [-0.15, -0.1) is 0 Å². The fourth-order valence-corrected chi connectivity index (χ4v) is 2.38. The van der Waals surface area contributed by atoms with Crippen molar-refractivity contribution in [3.05, 3.63) is 62.4 Å². The van der Waals surface area contributed by atoms with Crippen LogP contribution in [0.4, 0.5) is 5.69 Å². The van der Waals surface area contributed by atoms with Gasteiger partial charge >= 0.3 is 0 Å². The van der Waals surface area contributed by atoms with E-state index >= 15 is 0 Å². The second-order valence-electron chi connectivity index (χ2n) is 4.40. The Labute approximate surface area is 130 Å². The number of nitrogens with zero attached hydrogens (tertiary/aromatic N) is 2. The van der Waals surface area contributed by atoms with Crippen molar-refractivity contribution in [1.29, 1.82) is 0 Å². The molecular formula is C14H14BrN3O3. The average molecular weight is 352 g/mol. The second-order valence-corrected chi connectivity index (χ2v) is 5.26. The summed E-state index contributed by atoms with van der Waals surface area (Å²) < 4.78 is 2.47. The van der Waals surface area contributed by atoms with Crippen molar-refractivity contribution in [2.45, 2.75) is 20.0 Å². The van der Waals surface area contributed by atoms with Crippen LogP contribution in [-0.4, -0.2) is 15.4 Å². The molecule has 1 aromatic carbocycles. The molecule has 2 rings (SSSR count). The van der Waals surface area contributed by atoms with Crippen LogP contribution in [0.2, 0.25) is 0 Å². The number of benzene rings is 1. The molecule has 0 saturated heterocycles.